The highest BCUT2D eigenvalue weighted by molar-refractivity contribution is 5.99. The molecule has 6 rings (SSSR count). The van der Waals surface area contributed by atoms with Gasteiger partial charge in [-0.15, -0.1) is 5.10 Å². The number of pyridine rings is 2. The monoisotopic (exact) mass is 625 g/mol. The molecular formula is C33H30F3N9O. The second-order valence-corrected chi connectivity index (χ2v) is 12.6. The smallest absolute Gasteiger partial charge is 0.413 e. The summed E-state index contributed by atoms with van der Waals surface area (Å²) in [7, 11) is 1.51. The third-order valence-corrected chi connectivity index (χ3v) is 8.08. The van der Waals surface area contributed by atoms with Crippen LogP contribution in [0.15, 0.2) is 54.9 Å². The lowest BCUT2D eigenvalue weighted by atomic mass is 9.96. The van der Waals surface area contributed by atoms with Crippen LogP contribution in [0.25, 0.3) is 21.8 Å². The molecule has 1 atom stereocenters. The molecule has 5 aromatic rings. The predicted octanol–water partition coefficient (Wildman–Crippen LogP) is 6.84. The standard InChI is InChI=1S/C33H30F3N9O/c1-31(2,3)18-40-29-20(15-38)16-39-28-19(14-37)12-21(13-24(28)29)41-30(23-6-5-7-25-22(23)8-9-27(42-25)46-4)26-17-45(44-43-26)32(10-11-32)33(34,35)36/h5-9,12-13,16-17,30,41H,10-11,18H2,1-4H3,(H,39,40). The van der Waals surface area contributed by atoms with Crippen LogP contribution in [-0.4, -0.2) is 44.8 Å². The fraction of sp³-hybridized carbons (Fsp3) is 0.333. The van der Waals surface area contributed by atoms with Crippen molar-refractivity contribution in [2.45, 2.75) is 51.4 Å². The lowest BCUT2D eigenvalue weighted by Gasteiger charge is -2.23. The second kappa shape index (κ2) is 11.2. The van der Waals surface area contributed by atoms with Crippen LogP contribution in [0.3, 0.4) is 0 Å². The zero-order valence-corrected chi connectivity index (χ0v) is 25.6. The normalized spacial score (nSPS) is 14.8. The fourth-order valence-corrected chi connectivity index (χ4v) is 5.48. The minimum Gasteiger partial charge on any atom is -0.481 e. The Morgan fingerprint density at radius 3 is 2.46 bits per heavy atom. The van der Waals surface area contributed by atoms with Gasteiger partial charge in [-0.2, -0.15) is 23.7 Å². The average Bonchev–Trinajstić information content (AvgIpc) is 3.72. The molecule has 13 heteroatoms. The molecule has 1 saturated carbocycles. The first-order valence-electron chi connectivity index (χ1n) is 14.6. The van der Waals surface area contributed by atoms with Gasteiger partial charge < -0.3 is 15.4 Å². The van der Waals surface area contributed by atoms with Crippen molar-refractivity contribution in [3.05, 3.63) is 77.2 Å². The van der Waals surface area contributed by atoms with Gasteiger partial charge in [0.1, 0.15) is 17.8 Å². The van der Waals surface area contributed by atoms with Crippen LogP contribution >= 0.6 is 0 Å². The molecule has 0 bridgehead atoms. The van der Waals surface area contributed by atoms with E-state index in [2.05, 4.69) is 63.8 Å². The maximum atomic E-state index is 14.0. The maximum Gasteiger partial charge on any atom is 0.413 e. The van der Waals surface area contributed by atoms with Crippen molar-refractivity contribution >= 4 is 33.2 Å². The molecule has 1 fully saturated rings. The van der Waals surface area contributed by atoms with Gasteiger partial charge >= 0.3 is 6.18 Å². The summed E-state index contributed by atoms with van der Waals surface area (Å²) in [5.41, 5.74) is 1.30. The molecule has 10 nitrogen and oxygen atoms in total. The van der Waals surface area contributed by atoms with Gasteiger partial charge in [0.05, 0.1) is 47.2 Å². The SMILES string of the molecule is COc1ccc2c(C(Nc3cc(C#N)c4ncc(C#N)c(NCC(C)(C)C)c4c3)c3cn(C4(C(F)(F)F)CC4)nn3)cccc2n1. The van der Waals surface area contributed by atoms with E-state index in [9.17, 15) is 23.7 Å². The van der Waals surface area contributed by atoms with Crippen LogP contribution in [0, 0.1) is 28.1 Å². The third kappa shape index (κ3) is 5.49. The second-order valence-electron chi connectivity index (χ2n) is 12.6. The van der Waals surface area contributed by atoms with Gasteiger partial charge in [-0.05, 0) is 48.1 Å². The van der Waals surface area contributed by atoms with E-state index in [1.54, 1.807) is 24.3 Å². The molecule has 1 aliphatic rings. The van der Waals surface area contributed by atoms with Crippen LogP contribution < -0.4 is 15.4 Å². The Hall–Kier alpha value is -5.43. The van der Waals surface area contributed by atoms with Crippen molar-refractivity contribution in [3.8, 4) is 18.0 Å². The molecule has 0 spiro atoms. The largest absolute Gasteiger partial charge is 0.481 e. The zero-order chi connectivity index (χ0) is 32.9. The Bertz CT molecular complexity index is 2050. The molecular weight excluding hydrogens is 595 g/mol. The van der Waals surface area contributed by atoms with Gasteiger partial charge in [0, 0.05) is 35.3 Å². The van der Waals surface area contributed by atoms with Crippen molar-refractivity contribution in [2.75, 3.05) is 24.3 Å². The number of hydrogen-bond donors (Lipinski definition) is 2. The number of rotatable bonds is 8. The first kappa shape index (κ1) is 30.6. The number of hydrogen-bond acceptors (Lipinski definition) is 9. The van der Waals surface area contributed by atoms with Crippen molar-refractivity contribution in [1.82, 2.24) is 25.0 Å². The number of halogens is 3. The number of nitrogens with zero attached hydrogens (tertiary/aromatic N) is 7. The van der Waals surface area contributed by atoms with Crippen molar-refractivity contribution in [1.29, 1.82) is 10.5 Å². The molecule has 2 N–H and O–H groups in total. The van der Waals surface area contributed by atoms with Crippen molar-refractivity contribution < 1.29 is 17.9 Å². The summed E-state index contributed by atoms with van der Waals surface area (Å²) in [4.78, 5) is 8.95. The highest BCUT2D eigenvalue weighted by Gasteiger charge is 2.66. The van der Waals surface area contributed by atoms with E-state index in [0.29, 0.717) is 51.3 Å². The summed E-state index contributed by atoms with van der Waals surface area (Å²) in [6.45, 7) is 6.71. The highest BCUT2D eigenvalue weighted by Crippen LogP contribution is 2.55. The summed E-state index contributed by atoms with van der Waals surface area (Å²) >= 11 is 0. The minimum absolute atomic E-state index is 0.0792. The number of nitriles is 2. The number of alkyl halides is 3. The average molecular weight is 626 g/mol. The number of aromatic nitrogens is 5. The first-order valence-corrected chi connectivity index (χ1v) is 14.6. The maximum absolute atomic E-state index is 14.0. The van der Waals surface area contributed by atoms with Gasteiger partial charge in [0.25, 0.3) is 0 Å². The van der Waals surface area contributed by atoms with Crippen LogP contribution in [0.4, 0.5) is 24.5 Å². The molecule has 0 amide bonds. The third-order valence-electron chi connectivity index (χ3n) is 8.08. The quantitative estimate of drug-likeness (QED) is 0.190. The molecule has 3 heterocycles. The van der Waals surface area contributed by atoms with E-state index < -0.39 is 17.8 Å². The lowest BCUT2D eigenvalue weighted by Crippen LogP contribution is -2.35. The highest BCUT2D eigenvalue weighted by atomic mass is 19.4. The van der Waals surface area contributed by atoms with E-state index in [1.807, 2.05) is 18.2 Å². The van der Waals surface area contributed by atoms with E-state index in [-0.39, 0.29) is 29.5 Å². The number of nitrogens with one attached hydrogen (secondary N) is 2. The van der Waals surface area contributed by atoms with E-state index in [1.165, 1.54) is 19.5 Å². The van der Waals surface area contributed by atoms with Gasteiger partial charge in [-0.3, -0.25) is 4.98 Å². The van der Waals surface area contributed by atoms with E-state index in [0.717, 1.165) is 10.1 Å². The van der Waals surface area contributed by atoms with Crippen LogP contribution in [0.2, 0.25) is 0 Å². The van der Waals surface area contributed by atoms with E-state index in [4.69, 9.17) is 4.74 Å². The minimum atomic E-state index is -4.48. The number of benzene rings is 2. The van der Waals surface area contributed by atoms with Crippen LogP contribution in [0.1, 0.15) is 62.0 Å². The summed E-state index contributed by atoms with van der Waals surface area (Å²) in [6.07, 6.45) is -1.88. The van der Waals surface area contributed by atoms with Crippen LogP contribution in [-0.2, 0) is 5.54 Å². The van der Waals surface area contributed by atoms with Gasteiger partial charge in [0.2, 0.25) is 5.88 Å². The summed E-state index contributed by atoms with van der Waals surface area (Å²) in [6, 6.07) is 15.9. The number of fused-ring (bicyclic) bond motifs is 2. The fourth-order valence-electron chi connectivity index (χ4n) is 5.48. The Labute approximate surface area is 262 Å². The number of ether oxygens (including phenoxy) is 1. The molecule has 1 unspecified atom stereocenters. The molecule has 3 aromatic heterocycles. The van der Waals surface area contributed by atoms with Crippen molar-refractivity contribution in [2.24, 2.45) is 5.41 Å². The van der Waals surface area contributed by atoms with Gasteiger partial charge in [-0.25, -0.2) is 9.67 Å². The predicted molar refractivity (Wildman–Crippen MR) is 166 cm³/mol. The van der Waals surface area contributed by atoms with Gasteiger partial charge in [-0.1, -0.05) is 38.1 Å². The Balaban J connectivity index is 1.52. The molecule has 0 aliphatic heterocycles. The first-order chi connectivity index (χ1) is 21.9. The van der Waals surface area contributed by atoms with Crippen LogP contribution in [0.5, 0.6) is 5.88 Å². The summed E-state index contributed by atoms with van der Waals surface area (Å²) in [5.74, 6) is 0.408. The molecule has 46 heavy (non-hydrogen) atoms. The molecule has 0 radical (unpaired) electrons. The Morgan fingerprint density at radius 2 is 1.80 bits per heavy atom. The zero-order valence-electron chi connectivity index (χ0n) is 25.6. The number of anilines is 2. The Kier molecular flexibility index (Phi) is 7.43. The molecule has 1 aliphatic carbocycles. The summed E-state index contributed by atoms with van der Waals surface area (Å²) < 4.78 is 48.3. The number of methoxy groups -OCH3 is 1. The molecule has 0 saturated heterocycles. The Morgan fingerprint density at radius 1 is 1.04 bits per heavy atom. The lowest BCUT2D eigenvalue weighted by molar-refractivity contribution is -0.182. The summed E-state index contributed by atoms with van der Waals surface area (Å²) in [5, 5.41) is 36.2. The van der Waals surface area contributed by atoms with E-state index >= 15 is 0 Å². The van der Waals surface area contributed by atoms with Gasteiger partial charge in [0.15, 0.2) is 5.54 Å². The molecule has 234 valence electrons. The van der Waals surface area contributed by atoms with Crippen molar-refractivity contribution in [3.63, 3.8) is 0 Å². The topological polar surface area (TPSA) is 137 Å². The molecule has 2 aromatic carbocycles.